The molecule has 1 aliphatic heterocycles. The lowest BCUT2D eigenvalue weighted by Crippen LogP contribution is -2.54. The third-order valence-electron chi connectivity index (χ3n) is 3.76. The number of pyridine rings is 1. The number of rotatable bonds is 4. The maximum Gasteiger partial charge on any atom is 0.237 e. The number of piperazine rings is 1. The molecule has 0 aromatic carbocycles. The monoisotopic (exact) mass is 310 g/mol. The third kappa shape index (κ3) is 4.08. The van der Waals surface area contributed by atoms with Gasteiger partial charge in [0.15, 0.2) is 0 Å². The van der Waals surface area contributed by atoms with E-state index in [1.54, 1.807) is 12.4 Å². The van der Waals surface area contributed by atoms with Crippen LogP contribution in [0.1, 0.15) is 20.8 Å². The van der Waals surface area contributed by atoms with Gasteiger partial charge in [-0.25, -0.2) is 0 Å². The minimum atomic E-state index is -0.0949. The normalized spacial score (nSPS) is 17.9. The predicted octanol–water partition coefficient (Wildman–Crippen LogP) is 1.77. The van der Waals surface area contributed by atoms with Crippen molar-refractivity contribution in [3.05, 3.63) is 23.5 Å². The largest absolute Gasteiger partial charge is 0.368 e. The highest BCUT2D eigenvalue weighted by atomic mass is 35.5. The first kappa shape index (κ1) is 16.0. The number of nitrogens with zero attached hydrogens (tertiary/aromatic N) is 3. The second kappa shape index (κ2) is 7.09. The Morgan fingerprint density at radius 2 is 1.95 bits per heavy atom. The molecule has 0 aliphatic carbocycles. The summed E-state index contributed by atoms with van der Waals surface area (Å²) in [7, 11) is 0. The maximum absolute atomic E-state index is 12.1. The van der Waals surface area contributed by atoms with E-state index in [2.05, 4.69) is 20.1 Å². The van der Waals surface area contributed by atoms with Crippen molar-refractivity contribution in [1.29, 1.82) is 0 Å². The Bertz CT molecular complexity index is 486. The van der Waals surface area contributed by atoms with Gasteiger partial charge in [-0.1, -0.05) is 11.6 Å². The second-order valence-corrected chi connectivity index (χ2v) is 6.10. The highest BCUT2D eigenvalue weighted by molar-refractivity contribution is 6.33. The fraction of sp³-hybridized carbons (Fsp3) is 0.600. The number of carbonyl (C=O) groups is 1. The fourth-order valence-corrected chi connectivity index (χ4v) is 2.78. The number of halogens is 1. The first-order valence-electron chi connectivity index (χ1n) is 7.38. The van der Waals surface area contributed by atoms with Crippen LogP contribution in [0.5, 0.6) is 0 Å². The lowest BCUT2D eigenvalue weighted by molar-refractivity contribution is -0.126. The van der Waals surface area contributed by atoms with Crippen LogP contribution in [0.3, 0.4) is 0 Å². The molecule has 0 saturated carbocycles. The van der Waals surface area contributed by atoms with Crippen LogP contribution in [0.15, 0.2) is 18.5 Å². The molecule has 2 rings (SSSR count). The zero-order chi connectivity index (χ0) is 15.4. The van der Waals surface area contributed by atoms with Crippen molar-refractivity contribution in [3.63, 3.8) is 0 Å². The van der Waals surface area contributed by atoms with E-state index in [9.17, 15) is 4.79 Å². The van der Waals surface area contributed by atoms with Gasteiger partial charge in [0.25, 0.3) is 0 Å². The number of amides is 1. The summed E-state index contributed by atoms with van der Waals surface area (Å²) in [6, 6.07) is 2.02. The van der Waals surface area contributed by atoms with Crippen LogP contribution in [-0.2, 0) is 4.79 Å². The second-order valence-electron chi connectivity index (χ2n) is 5.69. The molecule has 1 saturated heterocycles. The van der Waals surface area contributed by atoms with E-state index in [1.807, 2.05) is 26.8 Å². The van der Waals surface area contributed by atoms with E-state index in [1.165, 1.54) is 0 Å². The Morgan fingerprint density at radius 1 is 1.29 bits per heavy atom. The van der Waals surface area contributed by atoms with Gasteiger partial charge in [-0.3, -0.25) is 14.7 Å². The summed E-state index contributed by atoms with van der Waals surface area (Å²) in [6.45, 7) is 9.36. The van der Waals surface area contributed by atoms with Gasteiger partial charge in [0, 0.05) is 44.6 Å². The van der Waals surface area contributed by atoms with Gasteiger partial charge in [0.1, 0.15) is 0 Å². The molecule has 0 spiro atoms. The van der Waals surface area contributed by atoms with Crippen molar-refractivity contribution < 1.29 is 4.79 Å². The van der Waals surface area contributed by atoms with Gasteiger partial charge in [-0.2, -0.15) is 0 Å². The molecule has 2 heterocycles. The SMILES string of the molecule is CC(C)NC(=O)C(C)N1CCN(c2ccncc2Cl)CC1. The number of hydrogen-bond donors (Lipinski definition) is 1. The first-order chi connectivity index (χ1) is 9.99. The summed E-state index contributed by atoms with van der Waals surface area (Å²) >= 11 is 6.18. The molecular formula is C15H23ClN4O. The molecule has 1 unspecified atom stereocenters. The standard InChI is InChI=1S/C15H23ClN4O/c1-11(2)18-15(21)12(3)19-6-8-20(9-7-19)14-4-5-17-10-13(14)16/h4-5,10-12H,6-9H2,1-3H3,(H,18,21). The van der Waals surface area contributed by atoms with Crippen LogP contribution < -0.4 is 10.2 Å². The number of hydrogen-bond acceptors (Lipinski definition) is 4. The van der Waals surface area contributed by atoms with Crippen molar-refractivity contribution in [1.82, 2.24) is 15.2 Å². The number of anilines is 1. The van der Waals surface area contributed by atoms with E-state index in [-0.39, 0.29) is 18.0 Å². The Morgan fingerprint density at radius 3 is 2.52 bits per heavy atom. The molecule has 1 amide bonds. The first-order valence-corrected chi connectivity index (χ1v) is 7.75. The molecule has 6 heteroatoms. The van der Waals surface area contributed by atoms with Gasteiger partial charge in [-0.05, 0) is 26.8 Å². The van der Waals surface area contributed by atoms with Crippen LogP contribution in [0.2, 0.25) is 5.02 Å². The van der Waals surface area contributed by atoms with Crippen LogP contribution in [-0.4, -0.2) is 54.1 Å². The Labute approximate surface area is 131 Å². The molecule has 1 aliphatic rings. The van der Waals surface area contributed by atoms with Crippen molar-refractivity contribution in [2.75, 3.05) is 31.1 Å². The Kier molecular flexibility index (Phi) is 5.42. The molecule has 1 aromatic heterocycles. The van der Waals surface area contributed by atoms with Crippen LogP contribution in [0.4, 0.5) is 5.69 Å². The van der Waals surface area contributed by atoms with Crippen molar-refractivity contribution in [2.24, 2.45) is 0 Å². The molecule has 21 heavy (non-hydrogen) atoms. The summed E-state index contributed by atoms with van der Waals surface area (Å²) in [4.78, 5) is 20.5. The predicted molar refractivity (Wildman–Crippen MR) is 85.8 cm³/mol. The van der Waals surface area contributed by atoms with Crippen LogP contribution in [0, 0.1) is 0 Å². The number of carbonyl (C=O) groups excluding carboxylic acids is 1. The Hall–Kier alpha value is -1.33. The minimum Gasteiger partial charge on any atom is -0.368 e. The van der Waals surface area contributed by atoms with E-state index in [4.69, 9.17) is 11.6 Å². The van der Waals surface area contributed by atoms with Gasteiger partial charge in [-0.15, -0.1) is 0 Å². The average Bonchev–Trinajstić information content (AvgIpc) is 2.46. The van der Waals surface area contributed by atoms with Crippen molar-refractivity contribution in [3.8, 4) is 0 Å². The highest BCUT2D eigenvalue weighted by Gasteiger charge is 2.26. The van der Waals surface area contributed by atoms with E-state index in [0.717, 1.165) is 31.9 Å². The molecule has 1 fully saturated rings. The molecule has 5 nitrogen and oxygen atoms in total. The van der Waals surface area contributed by atoms with Crippen LogP contribution >= 0.6 is 11.6 Å². The van der Waals surface area contributed by atoms with Gasteiger partial charge < -0.3 is 10.2 Å². The Balaban J connectivity index is 1.91. The van der Waals surface area contributed by atoms with Crippen LogP contribution in [0.25, 0.3) is 0 Å². The quantitative estimate of drug-likeness (QED) is 0.921. The van der Waals surface area contributed by atoms with Crippen molar-refractivity contribution >= 4 is 23.2 Å². The molecule has 116 valence electrons. The molecule has 1 atom stereocenters. The van der Waals surface area contributed by atoms with E-state index in [0.29, 0.717) is 5.02 Å². The third-order valence-corrected chi connectivity index (χ3v) is 4.06. The van der Waals surface area contributed by atoms with Gasteiger partial charge >= 0.3 is 0 Å². The molecule has 0 bridgehead atoms. The number of nitrogens with one attached hydrogen (secondary N) is 1. The summed E-state index contributed by atoms with van der Waals surface area (Å²) in [5.41, 5.74) is 1.02. The zero-order valence-corrected chi connectivity index (χ0v) is 13.6. The van der Waals surface area contributed by atoms with Gasteiger partial charge in [0.2, 0.25) is 5.91 Å². The number of aromatic nitrogens is 1. The maximum atomic E-state index is 12.1. The average molecular weight is 311 g/mol. The smallest absolute Gasteiger partial charge is 0.237 e. The summed E-state index contributed by atoms with van der Waals surface area (Å²) in [5, 5.41) is 3.65. The van der Waals surface area contributed by atoms with E-state index < -0.39 is 0 Å². The van der Waals surface area contributed by atoms with E-state index >= 15 is 0 Å². The fourth-order valence-electron chi connectivity index (χ4n) is 2.55. The van der Waals surface area contributed by atoms with Gasteiger partial charge in [0.05, 0.1) is 16.8 Å². The minimum absolute atomic E-state index is 0.0949. The van der Waals surface area contributed by atoms with Crippen molar-refractivity contribution in [2.45, 2.75) is 32.9 Å². The zero-order valence-electron chi connectivity index (χ0n) is 12.8. The summed E-state index contributed by atoms with van der Waals surface area (Å²) in [5.74, 6) is 0.0976. The summed E-state index contributed by atoms with van der Waals surface area (Å²) in [6.07, 6.45) is 3.42. The molecular weight excluding hydrogens is 288 g/mol. The molecule has 1 aromatic rings. The lowest BCUT2D eigenvalue weighted by Gasteiger charge is -2.38. The summed E-state index contributed by atoms with van der Waals surface area (Å²) < 4.78 is 0. The highest BCUT2D eigenvalue weighted by Crippen LogP contribution is 2.25. The topological polar surface area (TPSA) is 48.5 Å². The molecule has 1 N–H and O–H groups in total. The molecule has 0 radical (unpaired) electrons. The lowest BCUT2D eigenvalue weighted by atomic mass is 10.2.